The predicted octanol–water partition coefficient (Wildman–Crippen LogP) is 1.12. The van der Waals surface area contributed by atoms with Gasteiger partial charge in [-0.05, 0) is 31.6 Å². The van der Waals surface area contributed by atoms with Gasteiger partial charge in [-0.1, -0.05) is 19.3 Å². The van der Waals surface area contributed by atoms with E-state index < -0.39 is 6.10 Å². The van der Waals surface area contributed by atoms with E-state index in [2.05, 4.69) is 10.6 Å². The van der Waals surface area contributed by atoms with Gasteiger partial charge in [0.1, 0.15) is 6.10 Å². The summed E-state index contributed by atoms with van der Waals surface area (Å²) in [7, 11) is 0. The summed E-state index contributed by atoms with van der Waals surface area (Å²) in [6.07, 6.45) is 7.46. The van der Waals surface area contributed by atoms with Crippen molar-refractivity contribution in [2.75, 3.05) is 13.2 Å². The number of amides is 2. The second kappa shape index (κ2) is 9.23. The minimum absolute atomic E-state index is 0.0234. The first-order valence-electron chi connectivity index (χ1n) is 8.88. The van der Waals surface area contributed by atoms with Crippen molar-refractivity contribution in [2.24, 2.45) is 5.92 Å². The lowest BCUT2D eigenvalue weighted by atomic mass is 9.89. The zero-order chi connectivity index (χ0) is 16.7. The molecule has 132 valence electrons. The molecule has 2 amide bonds. The molecule has 2 rings (SSSR count). The van der Waals surface area contributed by atoms with Gasteiger partial charge in [0.2, 0.25) is 11.8 Å². The van der Waals surface area contributed by atoms with Crippen LogP contribution in [0.3, 0.4) is 0 Å². The number of nitrogens with one attached hydrogen (secondary N) is 2. The van der Waals surface area contributed by atoms with Crippen LogP contribution in [-0.2, 0) is 14.3 Å². The number of hydrogen-bond donors (Lipinski definition) is 3. The molecular formula is C17H30N2O4. The SMILES string of the molecule is CC(=O)N[C@H]1CC[C@@H](CC(=O)NCC2CCCCC2)O[C@H]1CO. The molecule has 6 nitrogen and oxygen atoms in total. The number of aliphatic hydroxyl groups is 1. The van der Waals surface area contributed by atoms with Crippen molar-refractivity contribution in [3.05, 3.63) is 0 Å². The number of carbonyl (C=O) groups excluding carboxylic acids is 2. The van der Waals surface area contributed by atoms with Crippen LogP contribution in [0.1, 0.15) is 58.3 Å². The van der Waals surface area contributed by atoms with E-state index in [4.69, 9.17) is 4.74 Å². The van der Waals surface area contributed by atoms with E-state index in [9.17, 15) is 14.7 Å². The fraction of sp³-hybridized carbons (Fsp3) is 0.882. The van der Waals surface area contributed by atoms with Crippen LogP contribution in [0.25, 0.3) is 0 Å². The van der Waals surface area contributed by atoms with Crippen molar-refractivity contribution in [2.45, 2.75) is 76.5 Å². The lowest BCUT2D eigenvalue weighted by Crippen LogP contribution is -2.51. The fourth-order valence-electron chi connectivity index (χ4n) is 3.64. The topological polar surface area (TPSA) is 87.7 Å². The van der Waals surface area contributed by atoms with Gasteiger partial charge in [-0.25, -0.2) is 0 Å². The summed E-state index contributed by atoms with van der Waals surface area (Å²) < 4.78 is 5.79. The molecule has 1 aliphatic carbocycles. The molecule has 3 N–H and O–H groups in total. The van der Waals surface area contributed by atoms with Gasteiger partial charge in [-0.15, -0.1) is 0 Å². The van der Waals surface area contributed by atoms with Gasteiger partial charge in [0.25, 0.3) is 0 Å². The van der Waals surface area contributed by atoms with E-state index in [1.807, 2.05) is 0 Å². The third-order valence-corrected chi connectivity index (χ3v) is 4.91. The Morgan fingerprint density at radius 1 is 1.13 bits per heavy atom. The molecule has 3 atom stereocenters. The molecule has 0 radical (unpaired) electrons. The first kappa shape index (κ1) is 18.2. The Hall–Kier alpha value is -1.14. The molecule has 0 aromatic rings. The number of aliphatic hydroxyl groups excluding tert-OH is 1. The molecule has 0 bridgehead atoms. The summed E-state index contributed by atoms with van der Waals surface area (Å²) in [6.45, 7) is 2.08. The number of rotatable bonds is 6. The maximum Gasteiger partial charge on any atom is 0.222 e. The molecule has 0 unspecified atom stereocenters. The van der Waals surface area contributed by atoms with E-state index in [0.717, 1.165) is 19.4 Å². The summed E-state index contributed by atoms with van der Waals surface area (Å²) in [5, 5.41) is 15.2. The lowest BCUT2D eigenvalue weighted by molar-refractivity contribution is -0.135. The zero-order valence-electron chi connectivity index (χ0n) is 14.1. The number of carbonyl (C=O) groups is 2. The van der Waals surface area contributed by atoms with E-state index >= 15 is 0 Å². The number of ether oxygens (including phenoxy) is 1. The summed E-state index contributed by atoms with van der Waals surface area (Å²) in [5.41, 5.74) is 0. The largest absolute Gasteiger partial charge is 0.394 e. The Morgan fingerprint density at radius 2 is 1.87 bits per heavy atom. The van der Waals surface area contributed by atoms with E-state index in [1.165, 1.54) is 39.0 Å². The lowest BCUT2D eigenvalue weighted by Gasteiger charge is -2.35. The Kier molecular flexibility index (Phi) is 7.30. The van der Waals surface area contributed by atoms with Crippen molar-refractivity contribution in [1.29, 1.82) is 0 Å². The van der Waals surface area contributed by atoms with Crippen LogP contribution in [0.4, 0.5) is 0 Å². The molecule has 23 heavy (non-hydrogen) atoms. The van der Waals surface area contributed by atoms with Crippen LogP contribution >= 0.6 is 0 Å². The Balaban J connectivity index is 1.70. The molecule has 2 fully saturated rings. The minimum atomic E-state index is -0.427. The smallest absolute Gasteiger partial charge is 0.222 e. The molecule has 0 aromatic heterocycles. The summed E-state index contributed by atoms with van der Waals surface area (Å²) in [6, 6.07) is -0.168. The molecule has 6 heteroatoms. The van der Waals surface area contributed by atoms with Gasteiger partial charge in [0.05, 0.1) is 25.2 Å². The predicted molar refractivity (Wildman–Crippen MR) is 86.8 cm³/mol. The third kappa shape index (κ3) is 6.11. The number of hydrogen-bond acceptors (Lipinski definition) is 4. The van der Waals surface area contributed by atoms with Gasteiger partial charge in [-0.2, -0.15) is 0 Å². The molecule has 1 saturated carbocycles. The van der Waals surface area contributed by atoms with Crippen LogP contribution in [0.15, 0.2) is 0 Å². The van der Waals surface area contributed by atoms with Crippen molar-refractivity contribution < 1.29 is 19.4 Å². The molecule has 1 saturated heterocycles. The van der Waals surface area contributed by atoms with Crippen LogP contribution < -0.4 is 10.6 Å². The standard InChI is InChI=1S/C17H30N2O4/c1-12(21)19-15-8-7-14(23-16(15)11-20)9-17(22)18-10-13-5-3-2-4-6-13/h13-16,20H,2-11H2,1H3,(H,18,22)(H,19,21)/t14-,15-,16-/m0/s1. The first-order chi connectivity index (χ1) is 11.1. The molecule has 2 aliphatic rings. The first-order valence-corrected chi connectivity index (χ1v) is 8.88. The summed E-state index contributed by atoms with van der Waals surface area (Å²) in [5.74, 6) is 0.519. The van der Waals surface area contributed by atoms with Gasteiger partial charge >= 0.3 is 0 Å². The van der Waals surface area contributed by atoms with Crippen molar-refractivity contribution in [3.63, 3.8) is 0 Å². The maximum atomic E-state index is 12.1. The molecule has 0 aromatic carbocycles. The highest BCUT2D eigenvalue weighted by atomic mass is 16.5. The zero-order valence-corrected chi connectivity index (χ0v) is 14.1. The molecular weight excluding hydrogens is 296 g/mol. The van der Waals surface area contributed by atoms with Crippen LogP contribution in [0.2, 0.25) is 0 Å². The highest BCUT2D eigenvalue weighted by Crippen LogP contribution is 2.24. The van der Waals surface area contributed by atoms with Gasteiger partial charge in [-0.3, -0.25) is 9.59 Å². The Morgan fingerprint density at radius 3 is 2.52 bits per heavy atom. The minimum Gasteiger partial charge on any atom is -0.394 e. The van der Waals surface area contributed by atoms with Crippen molar-refractivity contribution in [1.82, 2.24) is 10.6 Å². The highest BCUT2D eigenvalue weighted by molar-refractivity contribution is 5.76. The molecule has 1 aliphatic heterocycles. The van der Waals surface area contributed by atoms with Crippen LogP contribution in [0, 0.1) is 5.92 Å². The Labute approximate surface area is 138 Å². The van der Waals surface area contributed by atoms with E-state index in [0.29, 0.717) is 12.3 Å². The van der Waals surface area contributed by atoms with E-state index in [1.54, 1.807) is 0 Å². The quantitative estimate of drug-likeness (QED) is 0.682. The summed E-state index contributed by atoms with van der Waals surface area (Å²) in [4.78, 5) is 23.2. The Bertz CT molecular complexity index is 396. The van der Waals surface area contributed by atoms with Gasteiger partial charge in [0, 0.05) is 13.5 Å². The average Bonchev–Trinajstić information content (AvgIpc) is 2.55. The normalized spacial score (nSPS) is 29.0. The fourth-order valence-corrected chi connectivity index (χ4v) is 3.64. The second-order valence-electron chi connectivity index (χ2n) is 6.88. The van der Waals surface area contributed by atoms with Crippen LogP contribution in [-0.4, -0.2) is 48.3 Å². The second-order valence-corrected chi connectivity index (χ2v) is 6.88. The highest BCUT2D eigenvalue weighted by Gasteiger charge is 2.32. The summed E-state index contributed by atoms with van der Waals surface area (Å²) >= 11 is 0. The third-order valence-electron chi connectivity index (χ3n) is 4.91. The monoisotopic (exact) mass is 326 g/mol. The molecule has 0 spiro atoms. The average molecular weight is 326 g/mol. The molecule has 1 heterocycles. The van der Waals surface area contributed by atoms with E-state index in [-0.39, 0.29) is 30.6 Å². The van der Waals surface area contributed by atoms with Crippen molar-refractivity contribution >= 4 is 11.8 Å². The van der Waals surface area contributed by atoms with Gasteiger partial charge < -0.3 is 20.5 Å². The van der Waals surface area contributed by atoms with Crippen molar-refractivity contribution in [3.8, 4) is 0 Å². The maximum absolute atomic E-state index is 12.1. The van der Waals surface area contributed by atoms with Crippen LogP contribution in [0.5, 0.6) is 0 Å². The van der Waals surface area contributed by atoms with Gasteiger partial charge in [0.15, 0.2) is 0 Å².